The Balaban J connectivity index is 2.13. The van der Waals surface area contributed by atoms with Crippen molar-refractivity contribution in [3.8, 4) is 0 Å². The smallest absolute Gasteiger partial charge is 0.343 e. The molecule has 1 fully saturated rings. The molecule has 0 atom stereocenters. The van der Waals surface area contributed by atoms with E-state index in [2.05, 4.69) is 5.10 Å². The molecule has 1 aliphatic heterocycles. The van der Waals surface area contributed by atoms with Crippen molar-refractivity contribution in [1.82, 2.24) is 14.7 Å². The Morgan fingerprint density at radius 1 is 1.38 bits per heavy atom. The number of carbonyl (C=O) groups is 2. The van der Waals surface area contributed by atoms with Gasteiger partial charge in [-0.3, -0.25) is 4.79 Å². The van der Waals surface area contributed by atoms with E-state index in [0.29, 0.717) is 43.9 Å². The molecular weight excluding hydrogens is 312 g/mol. The standard InChI is InChI=1S/C16H26N4O4/c1-5-11-12(14(21)23-6-2)13(17)20(18-11)8-7-19-9-10-24-16(3,4)15(19)22/h5-10,17H2,1-4H3. The molecule has 8 heteroatoms. The van der Waals surface area contributed by atoms with Crippen LogP contribution in [0.25, 0.3) is 0 Å². The molecule has 134 valence electrons. The van der Waals surface area contributed by atoms with Gasteiger partial charge in [0.2, 0.25) is 0 Å². The van der Waals surface area contributed by atoms with Gasteiger partial charge in [-0.25, -0.2) is 9.48 Å². The summed E-state index contributed by atoms with van der Waals surface area (Å²) in [4.78, 5) is 26.1. The van der Waals surface area contributed by atoms with E-state index in [1.54, 1.807) is 30.4 Å². The van der Waals surface area contributed by atoms with Crippen LogP contribution in [0.1, 0.15) is 43.7 Å². The lowest BCUT2D eigenvalue weighted by atomic mass is 10.1. The molecule has 2 rings (SSSR count). The average molecular weight is 338 g/mol. The molecule has 2 heterocycles. The molecule has 0 aliphatic carbocycles. The van der Waals surface area contributed by atoms with Crippen LogP contribution < -0.4 is 5.73 Å². The number of anilines is 1. The first-order valence-corrected chi connectivity index (χ1v) is 8.27. The normalized spacial score (nSPS) is 17.2. The van der Waals surface area contributed by atoms with Crippen molar-refractivity contribution in [3.05, 3.63) is 11.3 Å². The third kappa shape index (κ3) is 3.53. The van der Waals surface area contributed by atoms with Gasteiger partial charge < -0.3 is 20.1 Å². The van der Waals surface area contributed by atoms with E-state index in [9.17, 15) is 9.59 Å². The van der Waals surface area contributed by atoms with Crippen molar-refractivity contribution in [2.75, 3.05) is 32.0 Å². The Hall–Kier alpha value is -2.09. The van der Waals surface area contributed by atoms with Gasteiger partial charge in [0.05, 0.1) is 25.5 Å². The molecule has 0 spiro atoms. The molecule has 1 aliphatic rings. The Morgan fingerprint density at radius 2 is 2.08 bits per heavy atom. The van der Waals surface area contributed by atoms with Gasteiger partial charge in [-0.1, -0.05) is 6.92 Å². The Labute approximate surface area is 141 Å². The zero-order chi connectivity index (χ0) is 17.9. The van der Waals surface area contributed by atoms with Crippen molar-refractivity contribution >= 4 is 17.7 Å². The molecule has 1 aromatic rings. The third-order valence-corrected chi connectivity index (χ3v) is 4.09. The molecule has 0 saturated carbocycles. The number of aromatic nitrogens is 2. The van der Waals surface area contributed by atoms with Gasteiger partial charge in [0, 0.05) is 13.1 Å². The number of carbonyl (C=O) groups excluding carboxylic acids is 2. The van der Waals surface area contributed by atoms with Crippen molar-refractivity contribution in [2.45, 2.75) is 46.3 Å². The zero-order valence-electron chi connectivity index (χ0n) is 14.8. The number of amides is 1. The van der Waals surface area contributed by atoms with Gasteiger partial charge in [0.25, 0.3) is 5.91 Å². The van der Waals surface area contributed by atoms with Gasteiger partial charge in [-0.2, -0.15) is 5.10 Å². The van der Waals surface area contributed by atoms with Crippen LogP contribution in [-0.4, -0.2) is 58.5 Å². The van der Waals surface area contributed by atoms with Crippen LogP contribution in [0.15, 0.2) is 0 Å². The van der Waals surface area contributed by atoms with E-state index >= 15 is 0 Å². The number of esters is 1. The highest BCUT2D eigenvalue weighted by molar-refractivity contribution is 5.95. The predicted molar refractivity (Wildman–Crippen MR) is 88.6 cm³/mol. The van der Waals surface area contributed by atoms with Gasteiger partial charge >= 0.3 is 5.97 Å². The van der Waals surface area contributed by atoms with E-state index in [1.165, 1.54) is 0 Å². The maximum absolute atomic E-state index is 12.3. The summed E-state index contributed by atoms with van der Waals surface area (Å²) in [6.45, 7) is 9.37. The molecule has 1 saturated heterocycles. The summed E-state index contributed by atoms with van der Waals surface area (Å²) in [5.74, 6) is -0.229. The quantitative estimate of drug-likeness (QED) is 0.772. The lowest BCUT2D eigenvalue weighted by molar-refractivity contribution is -0.166. The second kappa shape index (κ2) is 7.21. The van der Waals surface area contributed by atoms with Gasteiger partial charge in [-0.15, -0.1) is 0 Å². The van der Waals surface area contributed by atoms with E-state index < -0.39 is 11.6 Å². The summed E-state index contributed by atoms with van der Waals surface area (Å²) in [6.07, 6.45) is 0.578. The number of ether oxygens (including phenoxy) is 2. The lowest BCUT2D eigenvalue weighted by Crippen LogP contribution is -2.54. The second-order valence-corrected chi connectivity index (χ2v) is 6.16. The number of aryl methyl sites for hydroxylation is 1. The molecule has 0 bridgehead atoms. The molecule has 0 aromatic carbocycles. The topological polar surface area (TPSA) is 99.7 Å². The Morgan fingerprint density at radius 3 is 2.71 bits per heavy atom. The van der Waals surface area contributed by atoms with E-state index in [1.807, 2.05) is 6.92 Å². The highest BCUT2D eigenvalue weighted by Crippen LogP contribution is 2.21. The monoisotopic (exact) mass is 338 g/mol. The van der Waals surface area contributed by atoms with Crippen LogP contribution in [0.2, 0.25) is 0 Å². The second-order valence-electron chi connectivity index (χ2n) is 6.16. The molecule has 0 unspecified atom stereocenters. The number of nitrogens with zero attached hydrogens (tertiary/aromatic N) is 3. The van der Waals surface area contributed by atoms with Crippen molar-refractivity contribution in [2.24, 2.45) is 0 Å². The minimum absolute atomic E-state index is 0.0548. The van der Waals surface area contributed by atoms with Gasteiger partial charge in [0.15, 0.2) is 0 Å². The molecule has 8 nitrogen and oxygen atoms in total. The molecule has 1 amide bonds. The van der Waals surface area contributed by atoms with Crippen molar-refractivity contribution < 1.29 is 19.1 Å². The van der Waals surface area contributed by atoms with Crippen LogP contribution in [0.3, 0.4) is 0 Å². The first kappa shape index (κ1) is 18.3. The lowest BCUT2D eigenvalue weighted by Gasteiger charge is -2.37. The van der Waals surface area contributed by atoms with Crippen LogP contribution in [0.5, 0.6) is 0 Å². The number of hydrogen-bond acceptors (Lipinski definition) is 6. The van der Waals surface area contributed by atoms with Crippen LogP contribution in [0, 0.1) is 0 Å². The molecule has 24 heavy (non-hydrogen) atoms. The van der Waals surface area contributed by atoms with Gasteiger partial charge in [-0.05, 0) is 27.2 Å². The van der Waals surface area contributed by atoms with Crippen molar-refractivity contribution in [1.29, 1.82) is 0 Å². The fourth-order valence-corrected chi connectivity index (χ4v) is 2.75. The zero-order valence-corrected chi connectivity index (χ0v) is 14.8. The number of nitrogens with two attached hydrogens (primary N) is 1. The number of hydrogen-bond donors (Lipinski definition) is 1. The summed E-state index contributed by atoms with van der Waals surface area (Å²) in [7, 11) is 0. The molecule has 0 radical (unpaired) electrons. The predicted octanol–water partition coefficient (Wildman–Crippen LogP) is 0.842. The SMILES string of the molecule is CCOC(=O)c1c(CC)nn(CCN2CCOC(C)(C)C2=O)c1N. The van der Waals surface area contributed by atoms with Crippen molar-refractivity contribution in [3.63, 3.8) is 0 Å². The fourth-order valence-electron chi connectivity index (χ4n) is 2.75. The average Bonchev–Trinajstić information content (AvgIpc) is 2.85. The first-order valence-electron chi connectivity index (χ1n) is 8.27. The highest BCUT2D eigenvalue weighted by atomic mass is 16.5. The first-order chi connectivity index (χ1) is 11.3. The number of morpholine rings is 1. The maximum atomic E-state index is 12.3. The van der Waals surface area contributed by atoms with Gasteiger partial charge in [0.1, 0.15) is 17.0 Å². The van der Waals surface area contributed by atoms with E-state index in [-0.39, 0.29) is 18.3 Å². The third-order valence-electron chi connectivity index (χ3n) is 4.09. The molecule has 2 N–H and O–H groups in total. The number of rotatable bonds is 6. The minimum Gasteiger partial charge on any atom is -0.462 e. The summed E-state index contributed by atoms with van der Waals surface area (Å²) >= 11 is 0. The number of nitrogen functional groups attached to an aromatic ring is 1. The van der Waals surface area contributed by atoms with Crippen LogP contribution >= 0.6 is 0 Å². The summed E-state index contributed by atoms with van der Waals surface area (Å²) in [5, 5.41) is 4.40. The minimum atomic E-state index is -0.807. The van der Waals surface area contributed by atoms with Crippen LogP contribution in [-0.2, 0) is 27.2 Å². The van der Waals surface area contributed by atoms with Crippen LogP contribution in [0.4, 0.5) is 5.82 Å². The van der Waals surface area contributed by atoms with E-state index in [4.69, 9.17) is 15.2 Å². The largest absolute Gasteiger partial charge is 0.462 e. The molecular formula is C16H26N4O4. The van der Waals surface area contributed by atoms with E-state index in [0.717, 1.165) is 0 Å². The summed E-state index contributed by atoms with van der Waals surface area (Å²) in [5.41, 5.74) is 6.22. The maximum Gasteiger partial charge on any atom is 0.343 e. The Bertz CT molecular complexity index is 624. The summed E-state index contributed by atoms with van der Waals surface area (Å²) < 4.78 is 12.1. The summed E-state index contributed by atoms with van der Waals surface area (Å²) in [6, 6.07) is 0. The Kier molecular flexibility index (Phi) is 5.48. The fraction of sp³-hybridized carbons (Fsp3) is 0.688. The highest BCUT2D eigenvalue weighted by Gasteiger charge is 2.36. The molecule has 1 aromatic heterocycles.